The zero-order valence-electron chi connectivity index (χ0n) is 48.9. The molecule has 1 amide bonds. The van der Waals surface area contributed by atoms with E-state index < -0.39 is 12.1 Å². The van der Waals surface area contributed by atoms with Crippen LogP contribution in [0.25, 0.3) is 0 Å². The molecule has 0 aromatic rings. The van der Waals surface area contributed by atoms with Crippen molar-refractivity contribution in [1.82, 2.24) is 5.32 Å². The summed E-state index contributed by atoms with van der Waals surface area (Å²) >= 11 is 0. The number of hydrogen-bond donors (Lipinski definition) is 3. The van der Waals surface area contributed by atoms with Gasteiger partial charge in [-0.1, -0.05) is 287 Å². The predicted octanol–water partition coefficient (Wildman–Crippen LogP) is 20.5. The molecule has 0 radical (unpaired) electrons. The Hall–Kier alpha value is -2.18. The number of carbonyl (C=O) groups excluding carboxylic acids is 2. The van der Waals surface area contributed by atoms with Crippen molar-refractivity contribution in [3.63, 3.8) is 0 Å². The van der Waals surface area contributed by atoms with Crippen LogP contribution in [0.15, 0.2) is 48.6 Å². The molecule has 6 heteroatoms. The molecule has 6 nitrogen and oxygen atoms in total. The van der Waals surface area contributed by atoms with Crippen molar-refractivity contribution in [2.24, 2.45) is 0 Å². The van der Waals surface area contributed by atoms with Crippen molar-refractivity contribution in [3.8, 4) is 0 Å². The van der Waals surface area contributed by atoms with Gasteiger partial charge in [0.05, 0.1) is 25.4 Å². The maximum absolute atomic E-state index is 12.5. The second kappa shape index (κ2) is 62.4. The van der Waals surface area contributed by atoms with Crippen LogP contribution in [0.3, 0.4) is 0 Å². The second-order valence-electron chi connectivity index (χ2n) is 22.1. The minimum atomic E-state index is -0.851. The highest BCUT2D eigenvalue weighted by Crippen LogP contribution is 2.17. The Balaban J connectivity index is 3.47. The number of rotatable bonds is 60. The number of unbranched alkanes of at least 4 members (excludes halogenated alkanes) is 43. The molecule has 0 fully saturated rings. The minimum absolute atomic E-state index is 0.00648. The summed E-state index contributed by atoms with van der Waals surface area (Å²) in [5, 5.41) is 23.2. The van der Waals surface area contributed by atoms with Crippen LogP contribution in [-0.2, 0) is 14.3 Å². The van der Waals surface area contributed by atoms with E-state index in [0.717, 1.165) is 57.8 Å². The third-order valence-corrected chi connectivity index (χ3v) is 14.8. The summed E-state index contributed by atoms with van der Waals surface area (Å²) in [4.78, 5) is 24.6. The van der Waals surface area contributed by atoms with Gasteiger partial charge >= 0.3 is 5.97 Å². The molecule has 2 atom stereocenters. The molecule has 0 aromatic heterocycles. The van der Waals surface area contributed by atoms with Gasteiger partial charge in [0.15, 0.2) is 0 Å². The minimum Gasteiger partial charge on any atom is -0.466 e. The highest BCUT2D eigenvalue weighted by atomic mass is 16.5. The molecule has 0 aliphatic heterocycles. The lowest BCUT2D eigenvalue weighted by Crippen LogP contribution is -2.45. The normalized spacial score (nSPS) is 12.9. The van der Waals surface area contributed by atoms with Crippen LogP contribution in [0, 0.1) is 0 Å². The van der Waals surface area contributed by atoms with Crippen molar-refractivity contribution >= 4 is 11.9 Å². The van der Waals surface area contributed by atoms with E-state index in [1.54, 1.807) is 6.08 Å². The Kier molecular flexibility index (Phi) is 60.5. The molecular formula is C67H125NO5. The van der Waals surface area contributed by atoms with E-state index in [0.29, 0.717) is 19.4 Å². The number of nitrogens with one attached hydrogen (secondary N) is 1. The van der Waals surface area contributed by atoms with Gasteiger partial charge in [-0.05, 0) is 89.9 Å². The van der Waals surface area contributed by atoms with Gasteiger partial charge in [0, 0.05) is 12.8 Å². The quantitative estimate of drug-likeness (QED) is 0.0320. The van der Waals surface area contributed by atoms with Crippen LogP contribution >= 0.6 is 0 Å². The van der Waals surface area contributed by atoms with Crippen LogP contribution < -0.4 is 5.32 Å². The van der Waals surface area contributed by atoms with E-state index in [1.165, 1.54) is 257 Å². The van der Waals surface area contributed by atoms with Gasteiger partial charge in [0.25, 0.3) is 0 Å². The molecule has 428 valence electrons. The van der Waals surface area contributed by atoms with Crippen molar-refractivity contribution in [2.75, 3.05) is 13.2 Å². The molecule has 73 heavy (non-hydrogen) atoms. The summed E-state index contributed by atoms with van der Waals surface area (Å²) in [6.07, 6.45) is 80.1. The van der Waals surface area contributed by atoms with E-state index in [2.05, 4.69) is 55.6 Å². The third kappa shape index (κ3) is 58.9. The zero-order chi connectivity index (χ0) is 52.9. The maximum atomic E-state index is 12.5. The third-order valence-electron chi connectivity index (χ3n) is 14.8. The SMILES string of the molecule is CCCCC/C=C\C/C=C\CCCCCCCC(=O)OCCCCCCCCCCCC/C=C\CCCCCCCCCC(=O)NC(CO)C(O)/C=C/CCCCCCCCCCCCCCCCCCCC. The van der Waals surface area contributed by atoms with Crippen LogP contribution in [-0.4, -0.2) is 47.4 Å². The first kappa shape index (κ1) is 70.8. The molecule has 3 N–H and O–H groups in total. The molecule has 2 unspecified atom stereocenters. The number of allylic oxidation sites excluding steroid dienone is 7. The Morgan fingerprint density at radius 2 is 0.685 bits per heavy atom. The largest absolute Gasteiger partial charge is 0.466 e. The molecule has 0 saturated heterocycles. The number of hydrogen-bond acceptors (Lipinski definition) is 5. The van der Waals surface area contributed by atoms with Gasteiger partial charge < -0.3 is 20.3 Å². The van der Waals surface area contributed by atoms with Crippen molar-refractivity contribution in [1.29, 1.82) is 0 Å². The standard InChI is InChI=1S/C67H125NO5/c1-3-5-7-9-11-13-15-17-19-20-21-25-28-32-35-39-43-47-51-55-59-65(70)64(63-69)68-66(71)60-56-52-48-44-40-36-33-29-26-23-22-24-27-30-34-38-42-46-50-54-58-62-73-67(72)61-57-53-49-45-41-37-31-18-16-14-12-10-8-6-4-2/h12,14,18,23,26,31,55,59,64-65,69-70H,3-11,13,15-17,19-22,24-25,27-30,32-54,56-58,60-63H2,1-2H3,(H,68,71)/b14-12-,26-23-,31-18-,59-55+. The first-order valence-electron chi connectivity index (χ1n) is 32.4. The molecule has 0 heterocycles. The number of aliphatic hydroxyl groups excluding tert-OH is 2. The first-order valence-corrected chi connectivity index (χ1v) is 32.4. The maximum Gasteiger partial charge on any atom is 0.305 e. The average Bonchev–Trinajstić information content (AvgIpc) is 3.39. The summed E-state index contributed by atoms with van der Waals surface area (Å²) in [6.45, 7) is 4.88. The monoisotopic (exact) mass is 1020 g/mol. The van der Waals surface area contributed by atoms with E-state index in [-0.39, 0.29) is 18.5 Å². The second-order valence-corrected chi connectivity index (χ2v) is 22.1. The van der Waals surface area contributed by atoms with Crippen LogP contribution in [0.5, 0.6) is 0 Å². The highest BCUT2D eigenvalue weighted by molar-refractivity contribution is 5.76. The molecule has 0 spiro atoms. The molecule has 0 bridgehead atoms. The van der Waals surface area contributed by atoms with Gasteiger partial charge in [0.2, 0.25) is 5.91 Å². The predicted molar refractivity (Wildman–Crippen MR) is 319 cm³/mol. The van der Waals surface area contributed by atoms with Crippen LogP contribution in [0.2, 0.25) is 0 Å². The molecule has 0 rings (SSSR count). The molecule has 0 aromatic carbocycles. The number of aliphatic hydroxyl groups is 2. The van der Waals surface area contributed by atoms with Gasteiger partial charge in [-0.2, -0.15) is 0 Å². The summed E-state index contributed by atoms with van der Waals surface area (Å²) in [5.74, 6) is -0.0804. The Bertz CT molecular complexity index is 1230. The Morgan fingerprint density at radius 1 is 0.384 bits per heavy atom. The molecule has 0 aliphatic carbocycles. The first-order chi connectivity index (χ1) is 36.0. The Labute approximate surface area is 455 Å². The zero-order valence-corrected chi connectivity index (χ0v) is 48.9. The smallest absolute Gasteiger partial charge is 0.305 e. The fourth-order valence-corrected chi connectivity index (χ4v) is 9.84. The van der Waals surface area contributed by atoms with Gasteiger partial charge in [-0.15, -0.1) is 0 Å². The Morgan fingerprint density at radius 3 is 1.08 bits per heavy atom. The van der Waals surface area contributed by atoms with Crippen LogP contribution in [0.4, 0.5) is 0 Å². The van der Waals surface area contributed by atoms with E-state index >= 15 is 0 Å². The fraction of sp³-hybridized carbons (Fsp3) is 0.851. The molecule has 0 aliphatic rings. The van der Waals surface area contributed by atoms with Crippen molar-refractivity contribution in [2.45, 2.75) is 353 Å². The average molecular weight is 1020 g/mol. The van der Waals surface area contributed by atoms with Gasteiger partial charge in [0.1, 0.15) is 0 Å². The lowest BCUT2D eigenvalue weighted by Gasteiger charge is -2.20. The van der Waals surface area contributed by atoms with E-state index in [1.807, 2.05) is 6.08 Å². The lowest BCUT2D eigenvalue weighted by molar-refractivity contribution is -0.143. The molecular weight excluding hydrogens is 899 g/mol. The fourth-order valence-electron chi connectivity index (χ4n) is 9.84. The van der Waals surface area contributed by atoms with Crippen molar-refractivity contribution < 1.29 is 24.5 Å². The number of ether oxygens (including phenoxy) is 1. The number of esters is 1. The summed E-state index contributed by atoms with van der Waals surface area (Å²) in [7, 11) is 0. The summed E-state index contributed by atoms with van der Waals surface area (Å²) in [6, 6.07) is -0.635. The number of amides is 1. The van der Waals surface area contributed by atoms with Crippen molar-refractivity contribution in [3.05, 3.63) is 48.6 Å². The lowest BCUT2D eigenvalue weighted by atomic mass is 10.0. The number of carbonyl (C=O) groups is 2. The van der Waals surface area contributed by atoms with E-state index in [4.69, 9.17) is 4.74 Å². The summed E-state index contributed by atoms with van der Waals surface area (Å²) < 4.78 is 5.48. The van der Waals surface area contributed by atoms with Gasteiger partial charge in [-0.3, -0.25) is 9.59 Å². The van der Waals surface area contributed by atoms with Gasteiger partial charge in [-0.25, -0.2) is 0 Å². The van der Waals surface area contributed by atoms with Crippen LogP contribution in [0.1, 0.15) is 341 Å². The summed E-state index contributed by atoms with van der Waals surface area (Å²) in [5.41, 5.74) is 0. The topological polar surface area (TPSA) is 95.9 Å². The highest BCUT2D eigenvalue weighted by Gasteiger charge is 2.18. The molecule has 0 saturated carbocycles. The van der Waals surface area contributed by atoms with E-state index in [9.17, 15) is 19.8 Å².